The highest BCUT2D eigenvalue weighted by atomic mass is 19.1. The second kappa shape index (κ2) is 13.3. The van der Waals surface area contributed by atoms with E-state index in [4.69, 9.17) is 9.47 Å². The maximum Gasteiger partial charge on any atom is 0.410 e. The fourth-order valence-corrected chi connectivity index (χ4v) is 7.21. The monoisotopic (exact) mass is 640 g/mol. The number of rotatable bonds is 4. The Morgan fingerprint density at radius 3 is 2.54 bits per heavy atom. The van der Waals surface area contributed by atoms with Crippen LogP contribution in [0.1, 0.15) is 81.8 Å². The normalized spacial score (nSPS) is 30.6. The van der Waals surface area contributed by atoms with Crippen LogP contribution in [-0.2, 0) is 36.9 Å². The van der Waals surface area contributed by atoms with Crippen LogP contribution >= 0.6 is 0 Å². The molecule has 12 nitrogen and oxygen atoms in total. The van der Waals surface area contributed by atoms with E-state index in [1.54, 1.807) is 12.1 Å². The molecular formula is C33H41FN4O8. The summed E-state index contributed by atoms with van der Waals surface area (Å²) in [7, 11) is 0. The number of nitrogens with zero attached hydrogens (tertiary/aromatic N) is 2. The van der Waals surface area contributed by atoms with Crippen molar-refractivity contribution < 1.29 is 42.9 Å². The van der Waals surface area contributed by atoms with Gasteiger partial charge in [-0.1, -0.05) is 37.1 Å². The van der Waals surface area contributed by atoms with Crippen molar-refractivity contribution in [3.63, 3.8) is 0 Å². The molecule has 4 amide bonds. The van der Waals surface area contributed by atoms with E-state index in [-0.39, 0.29) is 44.5 Å². The summed E-state index contributed by atoms with van der Waals surface area (Å²) in [6.07, 6.45) is 8.17. The van der Waals surface area contributed by atoms with Crippen LogP contribution < -0.4 is 10.6 Å². The van der Waals surface area contributed by atoms with Gasteiger partial charge in [-0.05, 0) is 63.0 Å². The third-order valence-corrected chi connectivity index (χ3v) is 9.94. The number of allylic oxidation sites excluding steroid dienone is 1. The molecule has 1 aromatic rings. The Hall–Kier alpha value is -4.16. The average molecular weight is 641 g/mol. The van der Waals surface area contributed by atoms with Crippen LogP contribution in [0.25, 0.3) is 0 Å². The molecule has 3 fully saturated rings. The zero-order valence-corrected chi connectivity index (χ0v) is 25.8. The molecule has 3 heterocycles. The molecule has 0 unspecified atom stereocenters. The van der Waals surface area contributed by atoms with Crippen LogP contribution in [0.5, 0.6) is 0 Å². The third-order valence-electron chi connectivity index (χ3n) is 9.94. The SMILES string of the molecule is O=C(N[C@H]1CCCCC/C=C\[C@H]2C[C@]2(C(=O)O)NC(=O)[C@@H]2C[C@@H](OC(=O)N3Cc4cccc(F)c4C3)CN2C1=O)OC1CCCC1. The molecule has 13 heteroatoms. The quantitative estimate of drug-likeness (QED) is 0.421. The van der Waals surface area contributed by atoms with Crippen molar-refractivity contribution in [2.24, 2.45) is 5.92 Å². The molecule has 248 valence electrons. The van der Waals surface area contributed by atoms with Crippen molar-refractivity contribution >= 4 is 30.0 Å². The molecular weight excluding hydrogens is 599 g/mol. The maximum atomic E-state index is 14.3. The van der Waals surface area contributed by atoms with Crippen molar-refractivity contribution in [2.75, 3.05) is 6.54 Å². The number of fused-ring (bicyclic) bond motifs is 3. The molecule has 46 heavy (non-hydrogen) atoms. The van der Waals surface area contributed by atoms with Gasteiger partial charge in [-0.3, -0.25) is 14.5 Å². The van der Waals surface area contributed by atoms with Gasteiger partial charge in [0.1, 0.15) is 35.6 Å². The molecule has 0 aromatic heterocycles. The standard InChI is InChI=1S/C33H41FN4O8/c34-25-13-8-9-20-17-37(19-24(20)25)32(44)46-23-15-27-28(39)36-33(30(41)42)16-21(33)10-4-2-1-3-5-14-26(29(40)38(27)18-23)35-31(43)45-22-11-6-7-12-22/h4,8-10,13,21-23,26-27H,1-3,5-7,11-12,14-19H2,(H,35,43)(H,36,39)(H,41,42)/b10-4-/t21-,23+,26-,27-,33-/m0/s1. The van der Waals surface area contributed by atoms with Gasteiger partial charge in [0.2, 0.25) is 11.8 Å². The number of aliphatic carboxylic acids is 1. The number of amides is 4. The molecule has 6 rings (SSSR count). The van der Waals surface area contributed by atoms with Crippen LogP contribution in [0, 0.1) is 11.7 Å². The van der Waals surface area contributed by atoms with Crippen LogP contribution in [0.4, 0.5) is 14.0 Å². The number of ether oxygens (including phenoxy) is 2. The first-order valence-corrected chi connectivity index (χ1v) is 16.4. The number of carboxylic acid groups (broad SMARTS) is 1. The summed E-state index contributed by atoms with van der Waals surface area (Å²) in [6, 6.07) is 2.52. The molecule has 2 aliphatic carbocycles. The van der Waals surface area contributed by atoms with Gasteiger partial charge in [-0.25, -0.2) is 18.8 Å². The summed E-state index contributed by atoms with van der Waals surface area (Å²) < 4.78 is 25.6. The summed E-state index contributed by atoms with van der Waals surface area (Å²) >= 11 is 0. The first-order chi connectivity index (χ1) is 22.1. The summed E-state index contributed by atoms with van der Waals surface area (Å²) in [6.45, 7) is 0.0681. The first kappa shape index (κ1) is 31.8. The number of carbonyl (C=O) groups is 5. The van der Waals surface area contributed by atoms with E-state index in [0.717, 1.165) is 44.9 Å². The first-order valence-electron chi connectivity index (χ1n) is 16.4. The highest BCUT2D eigenvalue weighted by Crippen LogP contribution is 2.45. The molecule has 1 saturated heterocycles. The lowest BCUT2D eigenvalue weighted by Crippen LogP contribution is -2.56. The minimum absolute atomic E-state index is 0.0330. The van der Waals surface area contributed by atoms with Gasteiger partial charge in [0.05, 0.1) is 13.1 Å². The Morgan fingerprint density at radius 1 is 1.00 bits per heavy atom. The summed E-state index contributed by atoms with van der Waals surface area (Å²) in [4.78, 5) is 68.9. The molecule has 0 bridgehead atoms. The van der Waals surface area contributed by atoms with Gasteiger partial charge in [0, 0.05) is 24.4 Å². The number of hydrogen-bond donors (Lipinski definition) is 3. The molecule has 0 radical (unpaired) electrons. The molecule has 2 saturated carbocycles. The number of carbonyl (C=O) groups excluding carboxylic acids is 4. The third kappa shape index (κ3) is 6.68. The molecule has 5 aliphatic rings. The lowest BCUT2D eigenvalue weighted by atomic mass is 10.0. The lowest BCUT2D eigenvalue weighted by Gasteiger charge is -2.29. The van der Waals surface area contributed by atoms with Crippen molar-refractivity contribution in [2.45, 2.75) is 114 Å². The van der Waals surface area contributed by atoms with Crippen LogP contribution in [-0.4, -0.2) is 81.3 Å². The molecule has 0 spiro atoms. The van der Waals surface area contributed by atoms with E-state index in [9.17, 15) is 33.5 Å². The minimum atomic E-state index is -1.48. The Kier molecular flexibility index (Phi) is 9.19. The van der Waals surface area contributed by atoms with E-state index >= 15 is 0 Å². The van der Waals surface area contributed by atoms with Crippen molar-refractivity contribution in [3.8, 4) is 0 Å². The fourth-order valence-electron chi connectivity index (χ4n) is 7.21. The van der Waals surface area contributed by atoms with E-state index in [1.807, 2.05) is 12.2 Å². The zero-order valence-electron chi connectivity index (χ0n) is 25.8. The van der Waals surface area contributed by atoms with Crippen LogP contribution in [0.3, 0.4) is 0 Å². The van der Waals surface area contributed by atoms with Gasteiger partial charge in [0.25, 0.3) is 0 Å². The van der Waals surface area contributed by atoms with Gasteiger partial charge < -0.3 is 30.1 Å². The highest BCUT2D eigenvalue weighted by Gasteiger charge is 2.61. The van der Waals surface area contributed by atoms with E-state index in [0.29, 0.717) is 24.0 Å². The van der Waals surface area contributed by atoms with E-state index in [1.165, 1.54) is 15.9 Å². The molecule has 1 aromatic carbocycles. The predicted octanol–water partition coefficient (Wildman–Crippen LogP) is 3.76. The Labute approximate surface area is 266 Å². The average Bonchev–Trinajstić information content (AvgIpc) is 3.45. The van der Waals surface area contributed by atoms with Gasteiger partial charge in [-0.15, -0.1) is 0 Å². The largest absolute Gasteiger partial charge is 0.479 e. The van der Waals surface area contributed by atoms with E-state index < -0.39 is 59.5 Å². The number of nitrogens with one attached hydrogen (secondary N) is 2. The summed E-state index contributed by atoms with van der Waals surface area (Å²) in [5.41, 5.74) is -0.389. The van der Waals surface area contributed by atoms with Gasteiger partial charge in [0.15, 0.2) is 0 Å². The Bertz CT molecular complexity index is 1410. The second-order valence-electron chi connectivity index (χ2n) is 13.1. The fraction of sp³-hybridized carbons (Fsp3) is 0.606. The van der Waals surface area contributed by atoms with Gasteiger partial charge in [-0.2, -0.15) is 0 Å². The second-order valence-corrected chi connectivity index (χ2v) is 13.1. The Morgan fingerprint density at radius 2 is 1.78 bits per heavy atom. The number of halogens is 1. The predicted molar refractivity (Wildman–Crippen MR) is 161 cm³/mol. The number of hydrogen-bond acceptors (Lipinski definition) is 7. The Balaban J connectivity index is 1.21. The van der Waals surface area contributed by atoms with Crippen LogP contribution in [0.15, 0.2) is 30.4 Å². The lowest BCUT2D eigenvalue weighted by molar-refractivity contribution is -0.145. The topological polar surface area (TPSA) is 155 Å². The van der Waals surface area contributed by atoms with E-state index in [2.05, 4.69) is 10.6 Å². The number of benzene rings is 1. The summed E-state index contributed by atoms with van der Waals surface area (Å²) in [5, 5.41) is 15.5. The minimum Gasteiger partial charge on any atom is -0.479 e. The van der Waals surface area contributed by atoms with Gasteiger partial charge >= 0.3 is 18.2 Å². The van der Waals surface area contributed by atoms with Crippen molar-refractivity contribution in [3.05, 3.63) is 47.3 Å². The molecule has 3 aliphatic heterocycles. The molecule has 3 N–H and O–H groups in total. The molecule has 5 atom stereocenters. The number of alkyl carbamates (subject to hydrolysis) is 1. The van der Waals surface area contributed by atoms with Crippen LogP contribution in [0.2, 0.25) is 0 Å². The highest BCUT2D eigenvalue weighted by molar-refractivity contribution is 5.96. The van der Waals surface area contributed by atoms with Crippen molar-refractivity contribution in [1.29, 1.82) is 0 Å². The summed E-state index contributed by atoms with van der Waals surface area (Å²) in [5.74, 6) is -3.14. The maximum absolute atomic E-state index is 14.3. The number of carboxylic acids is 1. The smallest absolute Gasteiger partial charge is 0.410 e. The zero-order chi connectivity index (χ0) is 32.4. The van der Waals surface area contributed by atoms with Crippen molar-refractivity contribution in [1.82, 2.24) is 20.4 Å².